The number of rotatable bonds is 9. The molecular weight excluding hydrogens is 446 g/mol. The van der Waals surface area contributed by atoms with Crippen LogP contribution in [0.25, 0.3) is 5.76 Å². The Morgan fingerprint density at radius 2 is 1.91 bits per heavy atom. The van der Waals surface area contributed by atoms with Crippen molar-refractivity contribution >= 4 is 29.1 Å². The largest absolute Gasteiger partial charge is 0.507 e. The molecule has 3 rings (SSSR count). The molecule has 33 heavy (non-hydrogen) atoms. The van der Waals surface area contributed by atoms with Gasteiger partial charge in [-0.1, -0.05) is 23.7 Å². The van der Waals surface area contributed by atoms with Crippen molar-refractivity contribution in [2.24, 2.45) is 0 Å². The first-order valence-corrected chi connectivity index (χ1v) is 11.1. The van der Waals surface area contributed by atoms with E-state index in [2.05, 4.69) is 0 Å². The molecule has 1 aliphatic heterocycles. The highest BCUT2D eigenvalue weighted by molar-refractivity contribution is 6.47. The lowest BCUT2D eigenvalue weighted by Crippen LogP contribution is -2.33. The van der Waals surface area contributed by atoms with E-state index in [-0.39, 0.29) is 41.2 Å². The van der Waals surface area contributed by atoms with Gasteiger partial charge in [-0.25, -0.2) is 0 Å². The Balaban J connectivity index is 2.15. The van der Waals surface area contributed by atoms with E-state index in [1.165, 1.54) is 12.0 Å². The van der Waals surface area contributed by atoms with Gasteiger partial charge in [0, 0.05) is 12.1 Å². The van der Waals surface area contributed by atoms with Gasteiger partial charge in [0.25, 0.3) is 11.7 Å². The number of amides is 1. The predicted octanol–water partition coefficient (Wildman–Crippen LogP) is 4.59. The van der Waals surface area contributed by atoms with Crippen LogP contribution in [0.5, 0.6) is 11.5 Å². The number of benzene rings is 2. The van der Waals surface area contributed by atoms with Crippen molar-refractivity contribution in [3.8, 4) is 11.5 Å². The van der Waals surface area contributed by atoms with Crippen LogP contribution in [0.2, 0.25) is 5.02 Å². The molecule has 176 valence electrons. The number of halogens is 1. The second-order valence-electron chi connectivity index (χ2n) is 7.76. The minimum atomic E-state index is -0.831. The molecule has 0 bridgehead atoms. The lowest BCUT2D eigenvalue weighted by atomic mass is 9.95. The number of ketones is 1. The highest BCUT2D eigenvalue weighted by Gasteiger charge is 2.46. The Morgan fingerprint density at radius 3 is 2.58 bits per heavy atom. The number of hydrogen-bond acceptors (Lipinski definition) is 6. The van der Waals surface area contributed by atoms with Crippen molar-refractivity contribution < 1.29 is 28.9 Å². The third-order valence-electron chi connectivity index (χ3n) is 5.24. The van der Waals surface area contributed by atoms with Crippen LogP contribution < -0.4 is 9.47 Å². The second kappa shape index (κ2) is 10.7. The number of nitrogens with zero attached hydrogens (tertiary/aromatic N) is 1. The first-order valence-electron chi connectivity index (χ1n) is 10.7. The van der Waals surface area contributed by atoms with E-state index in [0.717, 1.165) is 0 Å². The Kier molecular flexibility index (Phi) is 8.00. The van der Waals surface area contributed by atoms with Crippen LogP contribution in [0, 0.1) is 0 Å². The van der Waals surface area contributed by atoms with E-state index in [1.807, 2.05) is 20.8 Å². The molecule has 2 aromatic carbocycles. The van der Waals surface area contributed by atoms with E-state index < -0.39 is 17.7 Å². The van der Waals surface area contributed by atoms with Crippen LogP contribution in [-0.4, -0.2) is 54.7 Å². The van der Waals surface area contributed by atoms with Crippen LogP contribution in [-0.2, 0) is 14.3 Å². The zero-order valence-electron chi connectivity index (χ0n) is 19.1. The lowest BCUT2D eigenvalue weighted by Gasteiger charge is -2.26. The summed E-state index contributed by atoms with van der Waals surface area (Å²) >= 11 is 6.35. The number of ether oxygens (including phenoxy) is 3. The fourth-order valence-electron chi connectivity index (χ4n) is 3.74. The SMILES string of the molecule is CCOc1ccc(Cl)c(/C(O)=C2\C(=O)C(=O)N(CCOC(C)C)C2c2cccc(OC)c2)c1. The van der Waals surface area contributed by atoms with E-state index in [9.17, 15) is 14.7 Å². The molecule has 0 spiro atoms. The lowest BCUT2D eigenvalue weighted by molar-refractivity contribution is -0.140. The predicted molar refractivity (Wildman–Crippen MR) is 126 cm³/mol. The highest BCUT2D eigenvalue weighted by Crippen LogP contribution is 2.41. The standard InChI is InChI=1S/C25H28ClNO6/c1-5-32-18-9-10-20(26)19(14-18)23(28)21-22(16-7-6-8-17(13-16)31-4)27(25(30)24(21)29)11-12-33-15(2)3/h6-10,13-15,22,28H,5,11-12H2,1-4H3/b23-21+. The zero-order valence-corrected chi connectivity index (χ0v) is 19.9. The van der Waals surface area contributed by atoms with Crippen LogP contribution in [0.4, 0.5) is 0 Å². The zero-order chi connectivity index (χ0) is 24.1. The first kappa shape index (κ1) is 24.6. The van der Waals surface area contributed by atoms with Crippen molar-refractivity contribution in [1.29, 1.82) is 0 Å². The van der Waals surface area contributed by atoms with Gasteiger partial charge in [-0.05, 0) is 56.7 Å². The molecule has 1 fully saturated rings. The van der Waals surface area contributed by atoms with E-state index in [0.29, 0.717) is 23.7 Å². The third-order valence-corrected chi connectivity index (χ3v) is 5.57. The van der Waals surface area contributed by atoms with Gasteiger partial charge in [0.15, 0.2) is 0 Å². The maximum Gasteiger partial charge on any atom is 0.295 e. The van der Waals surface area contributed by atoms with Crippen molar-refractivity contribution in [2.75, 3.05) is 26.9 Å². The number of aliphatic hydroxyl groups excluding tert-OH is 1. The number of hydrogen-bond donors (Lipinski definition) is 1. The monoisotopic (exact) mass is 473 g/mol. The fourth-order valence-corrected chi connectivity index (χ4v) is 3.95. The van der Waals surface area contributed by atoms with Crippen LogP contribution in [0.1, 0.15) is 37.9 Å². The highest BCUT2D eigenvalue weighted by atomic mass is 35.5. The number of Topliss-reactive ketones (excluding diaryl/α,β-unsaturated/α-hetero) is 1. The molecule has 1 N–H and O–H groups in total. The molecule has 1 unspecified atom stereocenters. The van der Waals surface area contributed by atoms with Crippen molar-refractivity contribution in [2.45, 2.75) is 32.9 Å². The van der Waals surface area contributed by atoms with Gasteiger partial charge >= 0.3 is 0 Å². The van der Waals surface area contributed by atoms with Gasteiger partial charge in [0.05, 0.1) is 43.1 Å². The minimum absolute atomic E-state index is 0.0304. The number of methoxy groups -OCH3 is 1. The summed E-state index contributed by atoms with van der Waals surface area (Å²) in [5, 5.41) is 11.5. The number of carbonyl (C=O) groups is 2. The van der Waals surface area contributed by atoms with Gasteiger partial charge in [-0.15, -0.1) is 0 Å². The number of likely N-dealkylation sites (tertiary alicyclic amines) is 1. The maximum absolute atomic E-state index is 13.1. The summed E-state index contributed by atoms with van der Waals surface area (Å²) in [6.45, 7) is 6.45. The normalized spacial score (nSPS) is 17.6. The minimum Gasteiger partial charge on any atom is -0.507 e. The summed E-state index contributed by atoms with van der Waals surface area (Å²) in [7, 11) is 1.53. The Labute approximate surface area is 198 Å². The van der Waals surface area contributed by atoms with Crippen LogP contribution in [0.3, 0.4) is 0 Å². The average Bonchev–Trinajstić information content (AvgIpc) is 3.05. The second-order valence-corrected chi connectivity index (χ2v) is 8.17. The quantitative estimate of drug-likeness (QED) is 0.325. The molecule has 1 saturated heterocycles. The molecule has 1 heterocycles. The van der Waals surface area contributed by atoms with Crippen molar-refractivity contribution in [1.82, 2.24) is 4.90 Å². The Hall–Kier alpha value is -3.03. The molecule has 1 amide bonds. The molecule has 0 saturated carbocycles. The first-order chi connectivity index (χ1) is 15.8. The summed E-state index contributed by atoms with van der Waals surface area (Å²) < 4.78 is 16.5. The molecule has 2 aromatic rings. The molecule has 1 atom stereocenters. The molecule has 0 aliphatic carbocycles. The Bertz CT molecular complexity index is 1060. The van der Waals surface area contributed by atoms with Gasteiger partial charge in [-0.3, -0.25) is 9.59 Å². The van der Waals surface area contributed by atoms with Crippen molar-refractivity contribution in [3.05, 3.63) is 64.2 Å². The van der Waals surface area contributed by atoms with Gasteiger partial charge in [-0.2, -0.15) is 0 Å². The molecule has 0 radical (unpaired) electrons. The van der Waals surface area contributed by atoms with Crippen LogP contribution >= 0.6 is 11.6 Å². The van der Waals surface area contributed by atoms with E-state index >= 15 is 0 Å². The summed E-state index contributed by atoms with van der Waals surface area (Å²) in [5.41, 5.74) is 0.789. The summed E-state index contributed by atoms with van der Waals surface area (Å²) in [4.78, 5) is 27.5. The number of aliphatic hydroxyl groups is 1. The van der Waals surface area contributed by atoms with E-state index in [1.54, 1.807) is 42.5 Å². The third kappa shape index (κ3) is 5.31. The fraction of sp³-hybridized carbons (Fsp3) is 0.360. The van der Waals surface area contributed by atoms with Gasteiger partial charge in [0.2, 0.25) is 0 Å². The van der Waals surface area contributed by atoms with Crippen LogP contribution in [0.15, 0.2) is 48.0 Å². The van der Waals surface area contributed by atoms with Gasteiger partial charge < -0.3 is 24.2 Å². The molecular formula is C25H28ClNO6. The average molecular weight is 474 g/mol. The maximum atomic E-state index is 13.1. The number of carbonyl (C=O) groups excluding carboxylic acids is 2. The molecule has 0 aromatic heterocycles. The smallest absolute Gasteiger partial charge is 0.295 e. The topological polar surface area (TPSA) is 85.3 Å². The Morgan fingerprint density at radius 1 is 1.15 bits per heavy atom. The summed E-state index contributed by atoms with van der Waals surface area (Å²) in [6, 6.07) is 11.0. The van der Waals surface area contributed by atoms with Gasteiger partial charge in [0.1, 0.15) is 17.3 Å². The molecule has 1 aliphatic rings. The van der Waals surface area contributed by atoms with Crippen molar-refractivity contribution in [3.63, 3.8) is 0 Å². The summed E-state index contributed by atoms with van der Waals surface area (Å²) in [6.07, 6.45) is -0.0304. The molecule has 8 heteroatoms. The summed E-state index contributed by atoms with van der Waals surface area (Å²) in [5.74, 6) is -0.814. The van der Waals surface area contributed by atoms with E-state index in [4.69, 9.17) is 25.8 Å². The molecule has 7 nitrogen and oxygen atoms in total.